The Hall–Kier alpha value is -1.44. The molecule has 0 radical (unpaired) electrons. The lowest BCUT2D eigenvalue weighted by Gasteiger charge is -2.48. The van der Waals surface area contributed by atoms with Gasteiger partial charge in [-0.1, -0.05) is 6.92 Å². The molecule has 0 amide bonds. The predicted octanol–water partition coefficient (Wildman–Crippen LogP) is -15.4. The zero-order valence-electron chi connectivity index (χ0n) is 49.5. The molecule has 0 spiro atoms. The Kier molecular flexibility index (Phi) is 29.7. The highest BCUT2D eigenvalue weighted by molar-refractivity contribution is 7.99. The maximum Gasteiger partial charge on any atom is 0.187 e. The minimum atomic E-state index is -2.24. The molecule has 39 nitrogen and oxygen atoms in total. The number of methoxy groups -OCH3 is 1. The molecule has 0 aromatic carbocycles. The molecule has 538 valence electrons. The summed E-state index contributed by atoms with van der Waals surface area (Å²) in [7, 11) is 1.29. The van der Waals surface area contributed by atoms with Crippen LogP contribution in [0.1, 0.15) is 6.92 Å². The zero-order valence-corrected chi connectivity index (χ0v) is 51.1. The lowest BCUT2D eigenvalue weighted by molar-refractivity contribution is -0.367. The van der Waals surface area contributed by atoms with Crippen molar-refractivity contribution in [2.45, 2.75) is 221 Å². The maximum absolute atomic E-state index is 11.6. The molecule has 35 atom stereocenters. The van der Waals surface area contributed by atoms with Gasteiger partial charge in [-0.15, -0.1) is 0 Å². The van der Waals surface area contributed by atoms with E-state index in [-0.39, 0.29) is 23.2 Å². The smallest absolute Gasteiger partial charge is 0.187 e. The Bertz CT molecular complexity index is 2010. The minimum Gasteiger partial charge on any atom is -0.394 e. The lowest BCUT2D eigenvalue weighted by atomic mass is 9.91. The van der Waals surface area contributed by atoms with Crippen LogP contribution in [0, 0.1) is 5.92 Å². The largest absolute Gasteiger partial charge is 0.394 e. The van der Waals surface area contributed by atoms with Gasteiger partial charge in [-0.3, -0.25) is 0 Å². The van der Waals surface area contributed by atoms with Crippen LogP contribution in [0.5, 0.6) is 0 Å². The van der Waals surface area contributed by atoms with E-state index < -0.39 is 280 Å². The first-order valence-corrected chi connectivity index (χ1v) is 31.0. The Morgan fingerprint density at radius 3 is 0.989 bits per heavy atom. The van der Waals surface area contributed by atoms with Crippen LogP contribution >= 0.6 is 24.0 Å². The molecule has 15 unspecified atom stereocenters. The van der Waals surface area contributed by atoms with E-state index in [4.69, 9.17) is 78.5 Å². The molecule has 0 aromatic heterocycles. The zero-order chi connectivity index (χ0) is 67.8. The first kappa shape index (κ1) is 77.9. The predicted molar refractivity (Wildman–Crippen MR) is 298 cm³/mol. The summed E-state index contributed by atoms with van der Waals surface area (Å²) in [4.78, 5) is 0. The molecule has 25 N–H and O–H groups in total. The Balaban J connectivity index is 1.17. The molecule has 7 aliphatic rings. The van der Waals surface area contributed by atoms with Gasteiger partial charge in [-0.05, 0) is 12.2 Å². The van der Waals surface area contributed by atoms with E-state index >= 15 is 0 Å². The van der Waals surface area contributed by atoms with Crippen molar-refractivity contribution >= 4 is 29.1 Å². The van der Waals surface area contributed by atoms with Gasteiger partial charge in [0, 0.05) is 31.1 Å². The number of hydrogen-bond donors (Lipinski definition) is 25. The SMILES string of the molecule is CO[C@H]1OC(CSCCNC(=S)NC(CO[C@@H]2OC(CO)[C@@H](O[C@@H]3OC(CO)[C@H](O)[C@H](O)C3O)[C@H](O)C2O)(CO[C@@H]2OC(CO)[C@@H](O[C@@H]3OC(CO)[C@H](O)[C@H](O)C3O)[C@H](O)C2O)CO[C@@H]2OC(CO)[C@@H](O[C@@H]3OC(CO)[C@H](O)[C@H](O)C3O)[C@H](O)C2O)C(C)[C@H](O)C1O. The van der Waals surface area contributed by atoms with Gasteiger partial charge in [0.2, 0.25) is 0 Å². The Morgan fingerprint density at radius 2 is 0.674 bits per heavy atom. The fourth-order valence-electron chi connectivity index (χ4n) is 11.2. The fraction of sp³-hybridized carbons (Fsp3) is 0.980. The second kappa shape index (κ2) is 35.1. The lowest BCUT2D eigenvalue weighted by Crippen LogP contribution is -2.67. The van der Waals surface area contributed by atoms with E-state index in [1.165, 1.54) is 18.9 Å². The summed E-state index contributed by atoms with van der Waals surface area (Å²) in [6.45, 7) is -6.99. The van der Waals surface area contributed by atoms with Crippen molar-refractivity contribution in [3.8, 4) is 0 Å². The van der Waals surface area contributed by atoms with E-state index in [9.17, 15) is 117 Å². The molecule has 41 heteroatoms. The number of thiocarbonyl (C=S) groups is 1. The van der Waals surface area contributed by atoms with Crippen molar-refractivity contribution in [2.75, 3.05) is 84.6 Å². The number of nitrogens with one attached hydrogen (secondary N) is 2. The number of rotatable bonds is 28. The summed E-state index contributed by atoms with van der Waals surface area (Å²) in [6.07, 6.45) is -61.8. The van der Waals surface area contributed by atoms with E-state index in [1.807, 2.05) is 0 Å². The standard InChI is InChI=1S/C51H90N2O37S2/c1-15-22(87-43(77-2)33(70)23(15)60)11-92-4-3-52-50(91)53-51(12-78-44-37(74)30(67)40(19(8-57)84-44)88-47-34(71)27(64)24(61)16(5-54)81-47,13-79-45-38(75)31(68)41(20(9-58)85-45)89-48-35(72)28(65)25(62)17(6-55)82-48)14-80-46-39(76)32(69)42(21(10-59)86-46)90-49-36(73)29(66)26(63)18(7-56)83-49/h15-49,54-76H,3-14H2,1-2H3,(H2,52,53,91)/t15?,16?,17?,18?,19?,20?,21?,22?,23-,24-,25-,26-,27-,28-,29-,30+,31+,32+,33?,34?,35?,36?,37?,38?,39?,40+,41+,42+,43-,44+,45+,46+,47-,48-,49-,51?/m0/s1. The number of thioether (sulfide) groups is 1. The van der Waals surface area contributed by atoms with Gasteiger partial charge in [-0.25, -0.2) is 0 Å². The van der Waals surface area contributed by atoms with Crippen LogP contribution in [0.2, 0.25) is 0 Å². The Labute approximate surface area is 533 Å². The van der Waals surface area contributed by atoms with Gasteiger partial charge in [0.05, 0.1) is 71.7 Å². The molecule has 0 bridgehead atoms. The topological polar surface area (TPSA) is 619 Å². The van der Waals surface area contributed by atoms with Gasteiger partial charge >= 0.3 is 0 Å². The molecular weight excluding hydrogens is 1300 g/mol. The second-order valence-electron chi connectivity index (χ2n) is 23.3. The van der Waals surface area contributed by atoms with E-state index in [0.717, 1.165) is 0 Å². The van der Waals surface area contributed by atoms with Crippen LogP contribution in [-0.4, -0.2) is 422 Å². The molecular formula is C51H90N2O37S2. The van der Waals surface area contributed by atoms with E-state index in [0.29, 0.717) is 0 Å². The van der Waals surface area contributed by atoms with Crippen molar-refractivity contribution in [2.24, 2.45) is 5.92 Å². The average Bonchev–Trinajstić information content (AvgIpc) is 0.805. The fourth-order valence-corrected chi connectivity index (χ4v) is 12.6. The first-order chi connectivity index (χ1) is 43.6. The van der Waals surface area contributed by atoms with Crippen LogP contribution in [0.3, 0.4) is 0 Å². The van der Waals surface area contributed by atoms with Crippen molar-refractivity contribution in [1.29, 1.82) is 0 Å². The van der Waals surface area contributed by atoms with Crippen LogP contribution in [0.25, 0.3) is 0 Å². The second-order valence-corrected chi connectivity index (χ2v) is 24.9. The average molecular weight is 1390 g/mol. The van der Waals surface area contributed by atoms with Crippen LogP contribution in [-0.2, 0) is 66.3 Å². The third-order valence-electron chi connectivity index (χ3n) is 16.9. The van der Waals surface area contributed by atoms with Crippen molar-refractivity contribution in [3.05, 3.63) is 0 Å². The van der Waals surface area contributed by atoms with E-state index in [1.54, 1.807) is 6.92 Å². The van der Waals surface area contributed by atoms with Crippen molar-refractivity contribution in [3.63, 3.8) is 0 Å². The van der Waals surface area contributed by atoms with Crippen LogP contribution in [0.15, 0.2) is 0 Å². The summed E-state index contributed by atoms with van der Waals surface area (Å²) in [5.41, 5.74) is -2.24. The highest BCUT2D eigenvalue weighted by Gasteiger charge is 2.56. The summed E-state index contributed by atoms with van der Waals surface area (Å²) in [5.74, 6) is -0.0215. The van der Waals surface area contributed by atoms with Crippen LogP contribution in [0.4, 0.5) is 0 Å². The molecule has 0 aliphatic carbocycles. The number of ether oxygens (including phenoxy) is 14. The van der Waals surface area contributed by atoms with Gasteiger partial charge in [0.25, 0.3) is 0 Å². The third kappa shape index (κ3) is 17.8. The third-order valence-corrected chi connectivity index (χ3v) is 18.2. The minimum absolute atomic E-state index is 0.0229. The summed E-state index contributed by atoms with van der Waals surface area (Å²) >= 11 is 7.07. The van der Waals surface area contributed by atoms with E-state index in [2.05, 4.69) is 10.6 Å². The number of aliphatic hydroxyl groups excluding tert-OH is 23. The molecule has 7 rings (SSSR count). The Morgan fingerprint density at radius 1 is 0.380 bits per heavy atom. The molecule has 92 heavy (non-hydrogen) atoms. The normalized spacial score (nSPS) is 47.8. The molecule has 7 heterocycles. The van der Waals surface area contributed by atoms with Gasteiger partial charge < -0.3 is 194 Å². The van der Waals surface area contributed by atoms with Crippen molar-refractivity contribution < 1.29 is 184 Å². The number of hydrogen-bond acceptors (Lipinski definition) is 39. The van der Waals surface area contributed by atoms with Crippen LogP contribution < -0.4 is 10.6 Å². The highest BCUT2D eigenvalue weighted by Crippen LogP contribution is 2.36. The summed E-state index contributed by atoms with van der Waals surface area (Å²) < 4.78 is 80.3. The number of aliphatic hydroxyl groups is 23. The highest BCUT2D eigenvalue weighted by atomic mass is 32.2. The van der Waals surface area contributed by atoms with Crippen molar-refractivity contribution in [1.82, 2.24) is 10.6 Å². The quantitative estimate of drug-likeness (QED) is 0.0255. The van der Waals surface area contributed by atoms with Gasteiger partial charge in [0.1, 0.15) is 158 Å². The molecule has 7 saturated heterocycles. The molecule has 0 aromatic rings. The van der Waals surface area contributed by atoms with Gasteiger partial charge in [0.15, 0.2) is 49.1 Å². The maximum atomic E-state index is 11.6. The summed E-state index contributed by atoms with van der Waals surface area (Å²) in [6, 6.07) is 0. The monoisotopic (exact) mass is 1390 g/mol. The molecule has 0 saturated carbocycles. The summed E-state index contributed by atoms with van der Waals surface area (Å²) in [5, 5.41) is 252. The van der Waals surface area contributed by atoms with Gasteiger partial charge in [-0.2, -0.15) is 11.8 Å². The molecule has 7 fully saturated rings. The molecule has 7 aliphatic heterocycles. The first-order valence-electron chi connectivity index (χ1n) is 29.4.